The number of benzene rings is 2. The highest BCUT2D eigenvalue weighted by Crippen LogP contribution is 2.27. The van der Waals surface area contributed by atoms with Gasteiger partial charge in [0.1, 0.15) is 0 Å². The zero-order chi connectivity index (χ0) is 20.6. The maximum atomic E-state index is 12.6. The zero-order valence-corrected chi connectivity index (χ0v) is 16.9. The molecule has 0 saturated carbocycles. The molecule has 6 nitrogen and oxygen atoms in total. The topological polar surface area (TPSA) is 88.4 Å². The van der Waals surface area contributed by atoms with Crippen LogP contribution in [0.5, 0.6) is 0 Å². The van der Waals surface area contributed by atoms with E-state index < -0.39 is 18.0 Å². The molecule has 1 fully saturated rings. The van der Waals surface area contributed by atoms with Crippen LogP contribution in [0, 0.1) is 11.3 Å². The highest BCUT2D eigenvalue weighted by molar-refractivity contribution is 7.99. The molecule has 150 valence electrons. The lowest BCUT2D eigenvalue weighted by atomic mass is 10.2. The lowest BCUT2D eigenvalue weighted by Gasteiger charge is -2.15. The van der Waals surface area contributed by atoms with Crippen molar-refractivity contribution in [1.29, 1.82) is 5.26 Å². The van der Waals surface area contributed by atoms with Gasteiger partial charge in [-0.05, 0) is 56.2 Å². The third-order valence-electron chi connectivity index (χ3n) is 4.49. The Morgan fingerprint density at radius 2 is 2.03 bits per heavy atom. The Hall–Kier alpha value is -2.82. The van der Waals surface area contributed by atoms with Gasteiger partial charge in [-0.3, -0.25) is 4.79 Å². The second-order valence-electron chi connectivity index (χ2n) is 6.67. The van der Waals surface area contributed by atoms with Crippen LogP contribution in [0.3, 0.4) is 0 Å². The normalized spacial score (nSPS) is 16.6. The number of nitrogens with one attached hydrogen (secondary N) is 1. The molecule has 3 rings (SSSR count). The molecule has 0 aliphatic carbocycles. The predicted octanol–water partition coefficient (Wildman–Crippen LogP) is 4.01. The summed E-state index contributed by atoms with van der Waals surface area (Å²) in [5.74, 6) is -0.200. The fourth-order valence-electron chi connectivity index (χ4n) is 2.87. The van der Waals surface area contributed by atoms with Gasteiger partial charge in [-0.25, -0.2) is 4.79 Å². The van der Waals surface area contributed by atoms with Crippen molar-refractivity contribution < 1.29 is 19.1 Å². The number of nitrogens with zero attached hydrogens (tertiary/aromatic N) is 1. The maximum Gasteiger partial charge on any atom is 0.340 e. The summed E-state index contributed by atoms with van der Waals surface area (Å²) in [6, 6.07) is 15.7. The summed E-state index contributed by atoms with van der Waals surface area (Å²) in [5, 5.41) is 11.5. The van der Waals surface area contributed by atoms with Crippen LogP contribution in [0.2, 0.25) is 0 Å². The van der Waals surface area contributed by atoms with Crippen LogP contribution in [0.1, 0.15) is 35.7 Å². The smallest absolute Gasteiger partial charge is 0.340 e. The number of thioether (sulfide) groups is 1. The lowest BCUT2D eigenvalue weighted by Crippen LogP contribution is -2.30. The van der Waals surface area contributed by atoms with Crippen molar-refractivity contribution in [2.75, 3.05) is 17.7 Å². The van der Waals surface area contributed by atoms with Gasteiger partial charge < -0.3 is 14.8 Å². The van der Waals surface area contributed by atoms with Crippen LogP contribution in [0.15, 0.2) is 53.4 Å². The predicted molar refractivity (Wildman–Crippen MR) is 111 cm³/mol. The Bertz CT molecular complexity index is 902. The van der Waals surface area contributed by atoms with Crippen LogP contribution < -0.4 is 5.32 Å². The first-order valence-electron chi connectivity index (χ1n) is 9.42. The molecule has 1 heterocycles. The molecule has 1 aliphatic rings. The number of esters is 1. The summed E-state index contributed by atoms with van der Waals surface area (Å²) < 4.78 is 11.0. The second kappa shape index (κ2) is 10.1. The average molecular weight is 410 g/mol. The standard InChI is InChI=1S/C22H22N2O4S/c1-15(21(25)24-17-10-8-16(13-23)9-11-17)28-22(26)19-6-2-3-7-20(19)29-14-18-5-4-12-27-18/h2-3,6-11,15,18H,4-5,12,14H2,1H3,(H,24,25)/t15-,18+/m1/s1. The van der Waals surface area contributed by atoms with E-state index in [0.717, 1.165) is 30.1 Å². The highest BCUT2D eigenvalue weighted by atomic mass is 32.2. The minimum absolute atomic E-state index is 0.209. The molecule has 0 spiro atoms. The Balaban J connectivity index is 1.58. The molecule has 1 amide bonds. The third-order valence-corrected chi connectivity index (χ3v) is 5.70. The quantitative estimate of drug-likeness (QED) is 0.548. The van der Waals surface area contributed by atoms with E-state index >= 15 is 0 Å². The summed E-state index contributed by atoms with van der Waals surface area (Å²) in [6.45, 7) is 2.32. The fraction of sp³-hybridized carbons (Fsp3) is 0.318. The third kappa shape index (κ3) is 5.83. The van der Waals surface area contributed by atoms with Crippen molar-refractivity contribution in [2.45, 2.75) is 36.9 Å². The number of carbonyl (C=O) groups excluding carboxylic acids is 2. The first kappa shape index (κ1) is 20.9. The minimum atomic E-state index is -0.964. The largest absolute Gasteiger partial charge is 0.449 e. The minimum Gasteiger partial charge on any atom is -0.449 e. The summed E-state index contributed by atoms with van der Waals surface area (Å²) in [7, 11) is 0. The molecular weight excluding hydrogens is 388 g/mol. The van der Waals surface area contributed by atoms with Gasteiger partial charge in [0.05, 0.1) is 23.3 Å². The van der Waals surface area contributed by atoms with Gasteiger partial charge in [-0.15, -0.1) is 11.8 Å². The van der Waals surface area contributed by atoms with E-state index in [2.05, 4.69) is 5.32 Å². The van der Waals surface area contributed by atoms with Crippen LogP contribution in [-0.2, 0) is 14.3 Å². The van der Waals surface area contributed by atoms with Crippen molar-refractivity contribution in [3.8, 4) is 6.07 Å². The van der Waals surface area contributed by atoms with Crippen molar-refractivity contribution in [2.24, 2.45) is 0 Å². The summed E-state index contributed by atoms with van der Waals surface area (Å²) in [4.78, 5) is 25.8. The molecule has 0 aromatic heterocycles. The lowest BCUT2D eigenvalue weighted by molar-refractivity contribution is -0.123. The Morgan fingerprint density at radius 3 is 2.72 bits per heavy atom. The monoisotopic (exact) mass is 410 g/mol. The van der Waals surface area contributed by atoms with E-state index in [4.69, 9.17) is 14.7 Å². The van der Waals surface area contributed by atoms with E-state index in [1.54, 1.807) is 48.2 Å². The van der Waals surface area contributed by atoms with Gasteiger partial charge in [0, 0.05) is 22.9 Å². The van der Waals surface area contributed by atoms with E-state index in [0.29, 0.717) is 16.8 Å². The Morgan fingerprint density at radius 1 is 1.28 bits per heavy atom. The number of anilines is 1. The Kier molecular flexibility index (Phi) is 7.28. The molecule has 2 aromatic rings. The van der Waals surface area contributed by atoms with Crippen LogP contribution >= 0.6 is 11.8 Å². The first-order valence-corrected chi connectivity index (χ1v) is 10.4. The van der Waals surface area contributed by atoms with Gasteiger partial charge in [0.25, 0.3) is 5.91 Å². The molecule has 0 bridgehead atoms. The molecule has 29 heavy (non-hydrogen) atoms. The van der Waals surface area contributed by atoms with Crippen molar-refractivity contribution in [3.63, 3.8) is 0 Å². The van der Waals surface area contributed by atoms with Crippen molar-refractivity contribution >= 4 is 29.3 Å². The molecule has 7 heteroatoms. The molecule has 1 saturated heterocycles. The highest BCUT2D eigenvalue weighted by Gasteiger charge is 2.22. The summed E-state index contributed by atoms with van der Waals surface area (Å²) in [6.07, 6.45) is 1.35. The van der Waals surface area contributed by atoms with Crippen LogP contribution in [0.4, 0.5) is 5.69 Å². The summed E-state index contributed by atoms with van der Waals surface area (Å²) >= 11 is 1.56. The van der Waals surface area contributed by atoms with Gasteiger partial charge in [0.15, 0.2) is 6.10 Å². The molecule has 2 aromatic carbocycles. The van der Waals surface area contributed by atoms with E-state index in [1.165, 1.54) is 6.92 Å². The average Bonchev–Trinajstić information content (AvgIpc) is 3.26. The zero-order valence-electron chi connectivity index (χ0n) is 16.1. The van der Waals surface area contributed by atoms with Crippen molar-refractivity contribution in [1.82, 2.24) is 0 Å². The number of amides is 1. The number of carbonyl (C=O) groups is 2. The fourth-order valence-corrected chi connectivity index (χ4v) is 3.98. The van der Waals surface area contributed by atoms with E-state index in [1.807, 2.05) is 18.2 Å². The first-order chi connectivity index (χ1) is 14.1. The van der Waals surface area contributed by atoms with Crippen molar-refractivity contribution in [3.05, 3.63) is 59.7 Å². The van der Waals surface area contributed by atoms with Crippen LogP contribution in [0.25, 0.3) is 0 Å². The molecular formula is C22H22N2O4S. The van der Waals surface area contributed by atoms with Gasteiger partial charge >= 0.3 is 5.97 Å². The van der Waals surface area contributed by atoms with Crippen LogP contribution in [-0.4, -0.2) is 36.4 Å². The molecule has 2 atom stereocenters. The second-order valence-corrected chi connectivity index (χ2v) is 7.73. The van der Waals surface area contributed by atoms with Gasteiger partial charge in [0.2, 0.25) is 0 Å². The molecule has 0 radical (unpaired) electrons. The number of nitriles is 1. The van der Waals surface area contributed by atoms with E-state index in [9.17, 15) is 9.59 Å². The number of hydrogen-bond acceptors (Lipinski definition) is 6. The van der Waals surface area contributed by atoms with E-state index in [-0.39, 0.29) is 6.10 Å². The molecule has 1 N–H and O–H groups in total. The SMILES string of the molecule is C[C@@H](OC(=O)c1ccccc1SC[C@@H]1CCCO1)C(=O)Nc1ccc(C#N)cc1. The van der Waals surface area contributed by atoms with Gasteiger partial charge in [-0.1, -0.05) is 12.1 Å². The molecule has 1 aliphatic heterocycles. The number of ether oxygens (including phenoxy) is 2. The molecule has 0 unspecified atom stereocenters. The van der Waals surface area contributed by atoms with Gasteiger partial charge in [-0.2, -0.15) is 5.26 Å². The maximum absolute atomic E-state index is 12.6. The Labute approximate surface area is 174 Å². The summed E-state index contributed by atoms with van der Waals surface area (Å²) in [5.41, 5.74) is 1.47. The number of hydrogen-bond donors (Lipinski definition) is 1. The number of rotatable bonds is 7.